The summed E-state index contributed by atoms with van der Waals surface area (Å²) in [6, 6.07) is 4.35. The van der Waals surface area contributed by atoms with Gasteiger partial charge >= 0.3 is 6.09 Å². The Balaban J connectivity index is 1.75. The molecule has 8 heteroatoms. The molecule has 28 heavy (non-hydrogen) atoms. The maximum absolute atomic E-state index is 11.4. The van der Waals surface area contributed by atoms with E-state index >= 15 is 0 Å². The molecular weight excluding hydrogens is 358 g/mol. The molecule has 3 heterocycles. The molecule has 1 aliphatic rings. The van der Waals surface area contributed by atoms with Crippen LogP contribution in [0.4, 0.5) is 4.79 Å². The average molecular weight is 383 g/mol. The Morgan fingerprint density at radius 1 is 1.29 bits per heavy atom. The summed E-state index contributed by atoms with van der Waals surface area (Å²) in [5, 5.41) is 12.7. The Kier molecular flexibility index (Phi) is 4.49. The molecule has 4 rings (SSSR count). The lowest BCUT2D eigenvalue weighted by Crippen LogP contribution is -2.31. The van der Waals surface area contributed by atoms with Gasteiger partial charge in [0.15, 0.2) is 6.10 Å². The van der Waals surface area contributed by atoms with E-state index in [1.54, 1.807) is 0 Å². The first-order valence-corrected chi connectivity index (χ1v) is 9.46. The summed E-state index contributed by atoms with van der Waals surface area (Å²) < 4.78 is 15.3. The van der Waals surface area contributed by atoms with Crippen molar-refractivity contribution in [3.63, 3.8) is 0 Å². The number of nitrogens with one attached hydrogen (secondary N) is 1. The zero-order valence-corrected chi connectivity index (χ0v) is 16.8. The number of aryl methyl sites for hydroxylation is 2. The Morgan fingerprint density at radius 2 is 2.07 bits per heavy atom. The number of alkyl carbamates (subject to hydrolysis) is 1. The molecule has 1 aliphatic heterocycles. The van der Waals surface area contributed by atoms with Gasteiger partial charge in [0.05, 0.1) is 23.6 Å². The van der Waals surface area contributed by atoms with Crippen LogP contribution in [0.1, 0.15) is 32.5 Å². The van der Waals surface area contributed by atoms with Crippen molar-refractivity contribution >= 4 is 17.0 Å². The number of nitrogens with zero attached hydrogens (tertiary/aromatic N) is 4. The number of amides is 1. The van der Waals surface area contributed by atoms with Gasteiger partial charge in [-0.3, -0.25) is 9.36 Å². The van der Waals surface area contributed by atoms with Gasteiger partial charge in [-0.15, -0.1) is 0 Å². The average Bonchev–Trinajstić information content (AvgIpc) is 3.35. The standard InChI is InChI=1S/C20H25N5O3/c1-11(2)25-10-15(8-22-25)14-6-16-19(12(3)24(5)23-16)17(7-14)27-13(4)18-9-21-20(26)28-18/h6-8,10-11,13,18H,9H2,1-5H3,(H,21,26)/t13-,18-/m1/s1. The van der Waals surface area contributed by atoms with Crippen LogP contribution >= 0.6 is 0 Å². The molecule has 0 spiro atoms. The van der Waals surface area contributed by atoms with Crippen molar-refractivity contribution in [2.24, 2.45) is 7.05 Å². The number of carbonyl (C=O) groups excluding carboxylic acids is 1. The highest BCUT2D eigenvalue weighted by molar-refractivity contribution is 5.92. The zero-order chi connectivity index (χ0) is 20.0. The molecule has 2 atom stereocenters. The van der Waals surface area contributed by atoms with E-state index in [-0.39, 0.29) is 18.2 Å². The lowest BCUT2D eigenvalue weighted by molar-refractivity contribution is 0.0587. The van der Waals surface area contributed by atoms with Crippen molar-refractivity contribution in [3.8, 4) is 16.9 Å². The van der Waals surface area contributed by atoms with E-state index in [1.807, 2.05) is 48.7 Å². The first-order valence-electron chi connectivity index (χ1n) is 9.46. The second kappa shape index (κ2) is 6.85. The van der Waals surface area contributed by atoms with Gasteiger partial charge in [-0.05, 0) is 45.4 Å². The highest BCUT2D eigenvalue weighted by Crippen LogP contribution is 2.35. The number of aromatic nitrogens is 4. The molecule has 1 saturated heterocycles. The molecule has 3 aromatic rings. The number of rotatable bonds is 5. The molecule has 1 amide bonds. The summed E-state index contributed by atoms with van der Waals surface area (Å²) in [6.07, 6.45) is 2.85. The fourth-order valence-electron chi connectivity index (χ4n) is 3.41. The van der Waals surface area contributed by atoms with Crippen molar-refractivity contribution < 1.29 is 14.3 Å². The fourth-order valence-corrected chi connectivity index (χ4v) is 3.41. The summed E-state index contributed by atoms with van der Waals surface area (Å²) in [7, 11) is 1.92. The zero-order valence-electron chi connectivity index (χ0n) is 16.8. The second-order valence-corrected chi connectivity index (χ2v) is 7.53. The summed E-state index contributed by atoms with van der Waals surface area (Å²) in [5.41, 5.74) is 3.87. The van der Waals surface area contributed by atoms with Gasteiger partial charge in [0.25, 0.3) is 0 Å². The van der Waals surface area contributed by atoms with E-state index in [2.05, 4.69) is 35.4 Å². The summed E-state index contributed by atoms with van der Waals surface area (Å²) in [5.74, 6) is 0.728. The summed E-state index contributed by atoms with van der Waals surface area (Å²) in [4.78, 5) is 11.4. The minimum atomic E-state index is -0.405. The van der Waals surface area contributed by atoms with E-state index in [0.717, 1.165) is 33.5 Å². The van der Waals surface area contributed by atoms with Crippen molar-refractivity contribution in [2.45, 2.75) is 45.9 Å². The summed E-state index contributed by atoms with van der Waals surface area (Å²) >= 11 is 0. The van der Waals surface area contributed by atoms with E-state index in [4.69, 9.17) is 9.47 Å². The monoisotopic (exact) mass is 383 g/mol. The van der Waals surface area contributed by atoms with Crippen LogP contribution in [0.15, 0.2) is 24.5 Å². The van der Waals surface area contributed by atoms with Gasteiger partial charge in [-0.2, -0.15) is 10.2 Å². The van der Waals surface area contributed by atoms with Crippen LogP contribution in [0, 0.1) is 6.92 Å². The van der Waals surface area contributed by atoms with Gasteiger partial charge in [0.2, 0.25) is 0 Å². The van der Waals surface area contributed by atoms with Crippen molar-refractivity contribution in [2.75, 3.05) is 6.54 Å². The van der Waals surface area contributed by atoms with E-state index in [0.29, 0.717) is 6.54 Å². The molecule has 0 unspecified atom stereocenters. The first kappa shape index (κ1) is 18.3. The number of ether oxygens (including phenoxy) is 2. The molecule has 1 aromatic carbocycles. The lowest BCUT2D eigenvalue weighted by atomic mass is 10.1. The first-order chi connectivity index (χ1) is 13.3. The van der Waals surface area contributed by atoms with Crippen LogP contribution in [0.25, 0.3) is 22.0 Å². The minimum absolute atomic E-state index is 0.287. The molecular formula is C20H25N5O3. The van der Waals surface area contributed by atoms with Gasteiger partial charge < -0.3 is 14.8 Å². The van der Waals surface area contributed by atoms with E-state index in [1.165, 1.54) is 0 Å². The summed E-state index contributed by atoms with van der Waals surface area (Å²) in [6.45, 7) is 8.55. The predicted octanol–water partition coefficient (Wildman–Crippen LogP) is 3.20. The van der Waals surface area contributed by atoms with Crippen LogP contribution in [-0.2, 0) is 11.8 Å². The van der Waals surface area contributed by atoms with Crippen LogP contribution in [0.3, 0.4) is 0 Å². The fraction of sp³-hybridized carbons (Fsp3) is 0.450. The van der Waals surface area contributed by atoms with Gasteiger partial charge in [0.1, 0.15) is 11.9 Å². The molecule has 148 valence electrons. The third-order valence-corrected chi connectivity index (χ3v) is 5.19. The molecule has 8 nitrogen and oxygen atoms in total. The number of hydrogen-bond acceptors (Lipinski definition) is 5. The van der Waals surface area contributed by atoms with Crippen molar-refractivity contribution in [3.05, 3.63) is 30.2 Å². The topological polar surface area (TPSA) is 83.2 Å². The van der Waals surface area contributed by atoms with Crippen LogP contribution in [-0.4, -0.2) is 44.4 Å². The van der Waals surface area contributed by atoms with Crippen LogP contribution < -0.4 is 10.1 Å². The van der Waals surface area contributed by atoms with E-state index < -0.39 is 6.09 Å². The maximum Gasteiger partial charge on any atom is 0.407 e. The molecule has 1 fully saturated rings. The Bertz CT molecular complexity index is 1040. The number of benzene rings is 1. The predicted molar refractivity (Wildman–Crippen MR) is 105 cm³/mol. The van der Waals surface area contributed by atoms with Gasteiger partial charge in [-0.1, -0.05) is 0 Å². The van der Waals surface area contributed by atoms with Crippen LogP contribution in [0.5, 0.6) is 5.75 Å². The second-order valence-electron chi connectivity index (χ2n) is 7.53. The molecule has 0 bridgehead atoms. The number of fused-ring (bicyclic) bond motifs is 1. The van der Waals surface area contributed by atoms with E-state index in [9.17, 15) is 4.79 Å². The van der Waals surface area contributed by atoms with Crippen molar-refractivity contribution in [1.82, 2.24) is 24.9 Å². The number of hydrogen-bond donors (Lipinski definition) is 1. The Labute approximate surface area is 163 Å². The Morgan fingerprint density at radius 3 is 2.71 bits per heavy atom. The molecule has 0 saturated carbocycles. The smallest absolute Gasteiger partial charge is 0.407 e. The number of cyclic esters (lactones) is 1. The quantitative estimate of drug-likeness (QED) is 0.731. The SMILES string of the molecule is Cc1c2c(O[C@H](C)[C@H]3CNC(=O)O3)cc(-c3cnn(C(C)C)c3)cc2nn1C. The highest BCUT2D eigenvalue weighted by atomic mass is 16.6. The molecule has 0 aliphatic carbocycles. The van der Waals surface area contributed by atoms with Crippen LogP contribution in [0.2, 0.25) is 0 Å². The maximum atomic E-state index is 11.4. The third kappa shape index (κ3) is 3.19. The third-order valence-electron chi connectivity index (χ3n) is 5.19. The minimum Gasteiger partial charge on any atom is -0.486 e. The van der Waals surface area contributed by atoms with Crippen molar-refractivity contribution in [1.29, 1.82) is 0 Å². The normalized spacial score (nSPS) is 17.8. The molecule has 0 radical (unpaired) electrons. The van der Waals surface area contributed by atoms with Gasteiger partial charge in [-0.25, -0.2) is 4.79 Å². The lowest BCUT2D eigenvalue weighted by Gasteiger charge is -2.20. The molecule has 2 aromatic heterocycles. The Hall–Kier alpha value is -3.03. The molecule has 1 N–H and O–H groups in total. The van der Waals surface area contributed by atoms with Gasteiger partial charge in [0, 0.05) is 30.5 Å². The highest BCUT2D eigenvalue weighted by Gasteiger charge is 2.30. The number of carbonyl (C=O) groups is 1. The largest absolute Gasteiger partial charge is 0.486 e.